The van der Waals surface area contributed by atoms with Crippen molar-refractivity contribution in [2.45, 2.75) is 31.3 Å². The number of carbonyl (C=O) groups is 1. The van der Waals surface area contributed by atoms with Crippen LogP contribution in [0.25, 0.3) is 0 Å². The first kappa shape index (κ1) is 13.1. The third-order valence-electron chi connectivity index (χ3n) is 4.10. The largest absolute Gasteiger partial charge is 0.374 e. The number of ether oxygens (including phenoxy) is 1. The molecule has 0 aromatic carbocycles. The molecule has 1 aromatic rings. The van der Waals surface area contributed by atoms with Crippen LogP contribution in [0.15, 0.2) is 24.4 Å². The van der Waals surface area contributed by atoms with Crippen molar-refractivity contribution in [3.05, 3.63) is 30.1 Å². The number of nitrogens with zero attached hydrogens (tertiary/aromatic N) is 1. The normalized spacial score (nSPS) is 30.6. The number of Topliss-reactive ketones (excluding diaryl/α,β-unsaturated/α-hetero) is 1. The lowest BCUT2D eigenvalue weighted by Gasteiger charge is -2.37. The van der Waals surface area contributed by atoms with E-state index in [-0.39, 0.29) is 11.5 Å². The van der Waals surface area contributed by atoms with E-state index in [0.29, 0.717) is 12.2 Å². The Hall–Kier alpha value is -0.870. The van der Waals surface area contributed by atoms with Gasteiger partial charge in [-0.25, -0.2) is 0 Å². The molecule has 0 radical (unpaired) electrons. The van der Waals surface area contributed by atoms with Gasteiger partial charge in [0, 0.05) is 36.6 Å². The molecule has 3 heterocycles. The van der Waals surface area contributed by atoms with Crippen molar-refractivity contribution in [1.29, 1.82) is 0 Å². The molecule has 0 N–H and O–H groups in total. The Morgan fingerprint density at radius 3 is 3.21 bits per heavy atom. The smallest absolute Gasteiger partial charge is 0.142 e. The van der Waals surface area contributed by atoms with E-state index >= 15 is 0 Å². The number of aromatic nitrogens is 1. The highest BCUT2D eigenvalue weighted by Crippen LogP contribution is 2.40. The maximum Gasteiger partial charge on any atom is 0.142 e. The summed E-state index contributed by atoms with van der Waals surface area (Å²) >= 11 is 1.95. The lowest BCUT2D eigenvalue weighted by atomic mass is 9.82. The number of thioether (sulfide) groups is 1. The molecule has 3 rings (SSSR count). The molecule has 0 bridgehead atoms. The molecule has 4 heteroatoms. The Labute approximate surface area is 118 Å². The zero-order valence-electron chi connectivity index (χ0n) is 11.0. The fourth-order valence-electron chi connectivity index (χ4n) is 2.99. The topological polar surface area (TPSA) is 39.2 Å². The minimum absolute atomic E-state index is 0.00659. The van der Waals surface area contributed by atoms with Gasteiger partial charge in [-0.2, -0.15) is 11.8 Å². The van der Waals surface area contributed by atoms with Crippen molar-refractivity contribution in [3.63, 3.8) is 0 Å². The Kier molecular flexibility index (Phi) is 3.89. The monoisotopic (exact) mass is 277 g/mol. The van der Waals surface area contributed by atoms with Gasteiger partial charge in [0.2, 0.25) is 0 Å². The number of hydrogen-bond acceptors (Lipinski definition) is 4. The molecule has 1 aromatic heterocycles. The quantitative estimate of drug-likeness (QED) is 0.851. The molecule has 0 amide bonds. The van der Waals surface area contributed by atoms with E-state index in [1.165, 1.54) is 5.75 Å². The fourth-order valence-corrected chi connectivity index (χ4v) is 4.37. The summed E-state index contributed by atoms with van der Waals surface area (Å²) in [6.45, 7) is 0.735. The van der Waals surface area contributed by atoms with Gasteiger partial charge < -0.3 is 4.74 Å². The van der Waals surface area contributed by atoms with Crippen molar-refractivity contribution in [2.24, 2.45) is 5.92 Å². The Balaban J connectivity index is 1.63. The van der Waals surface area contributed by atoms with E-state index in [2.05, 4.69) is 4.98 Å². The molecule has 2 unspecified atom stereocenters. The van der Waals surface area contributed by atoms with Crippen LogP contribution in [0.4, 0.5) is 0 Å². The Morgan fingerprint density at radius 1 is 1.53 bits per heavy atom. The zero-order valence-corrected chi connectivity index (χ0v) is 11.8. The third-order valence-corrected chi connectivity index (χ3v) is 5.32. The Bertz CT molecular complexity index is 443. The summed E-state index contributed by atoms with van der Waals surface area (Å²) in [7, 11) is 0. The first-order chi connectivity index (χ1) is 9.27. The first-order valence-corrected chi connectivity index (χ1v) is 8.07. The van der Waals surface area contributed by atoms with E-state index in [0.717, 1.165) is 37.3 Å². The van der Waals surface area contributed by atoms with E-state index in [1.807, 2.05) is 30.0 Å². The second-order valence-corrected chi connectivity index (χ2v) is 6.59. The van der Waals surface area contributed by atoms with Crippen LogP contribution in [0.2, 0.25) is 0 Å². The summed E-state index contributed by atoms with van der Waals surface area (Å²) in [5, 5.41) is 0. The molecule has 2 aliphatic rings. The maximum absolute atomic E-state index is 12.4. The number of rotatable bonds is 3. The van der Waals surface area contributed by atoms with Crippen molar-refractivity contribution >= 4 is 17.5 Å². The van der Waals surface area contributed by atoms with Crippen LogP contribution in [0, 0.1) is 5.92 Å². The van der Waals surface area contributed by atoms with Crippen molar-refractivity contribution < 1.29 is 9.53 Å². The van der Waals surface area contributed by atoms with Gasteiger partial charge in [-0.05, 0) is 37.1 Å². The van der Waals surface area contributed by atoms with E-state index in [9.17, 15) is 4.79 Å². The van der Waals surface area contributed by atoms with Crippen LogP contribution in [0.3, 0.4) is 0 Å². The molecule has 2 saturated heterocycles. The van der Waals surface area contributed by atoms with Gasteiger partial charge in [-0.3, -0.25) is 9.78 Å². The van der Waals surface area contributed by atoms with Crippen LogP contribution in [0.5, 0.6) is 0 Å². The Morgan fingerprint density at radius 2 is 2.47 bits per heavy atom. The van der Waals surface area contributed by atoms with Gasteiger partial charge in [0.05, 0.1) is 5.60 Å². The molecule has 2 aliphatic heterocycles. The van der Waals surface area contributed by atoms with E-state index in [4.69, 9.17) is 4.74 Å². The van der Waals surface area contributed by atoms with Crippen molar-refractivity contribution in [2.75, 3.05) is 18.1 Å². The molecule has 102 valence electrons. The minimum atomic E-state index is -0.00659. The highest BCUT2D eigenvalue weighted by atomic mass is 32.2. The summed E-state index contributed by atoms with van der Waals surface area (Å²) < 4.78 is 5.97. The highest BCUT2D eigenvalue weighted by Gasteiger charge is 2.42. The van der Waals surface area contributed by atoms with Gasteiger partial charge in [-0.1, -0.05) is 6.07 Å². The van der Waals surface area contributed by atoms with Gasteiger partial charge in [0.25, 0.3) is 0 Å². The van der Waals surface area contributed by atoms with Gasteiger partial charge >= 0.3 is 0 Å². The van der Waals surface area contributed by atoms with Gasteiger partial charge in [-0.15, -0.1) is 0 Å². The summed E-state index contributed by atoms with van der Waals surface area (Å²) in [4.78, 5) is 16.7. The standard InChI is InChI=1S/C15H19NO2S/c17-14(9-13-3-1-2-6-16-13)12-4-7-18-15(10-12)5-8-19-11-15/h1-3,6,12H,4-5,7-11H2. The summed E-state index contributed by atoms with van der Waals surface area (Å²) in [5.41, 5.74) is 0.877. The summed E-state index contributed by atoms with van der Waals surface area (Å²) in [6, 6.07) is 5.75. The lowest BCUT2D eigenvalue weighted by molar-refractivity contribution is -0.133. The molecule has 0 aliphatic carbocycles. The average Bonchev–Trinajstić information content (AvgIpc) is 2.88. The van der Waals surface area contributed by atoms with Crippen LogP contribution < -0.4 is 0 Å². The predicted octanol–water partition coefficient (Wildman–Crippen LogP) is 2.50. The van der Waals surface area contributed by atoms with Crippen molar-refractivity contribution in [1.82, 2.24) is 4.98 Å². The van der Waals surface area contributed by atoms with Crippen LogP contribution in [0.1, 0.15) is 25.0 Å². The highest BCUT2D eigenvalue weighted by molar-refractivity contribution is 7.99. The number of ketones is 1. The molecular weight excluding hydrogens is 258 g/mol. The summed E-state index contributed by atoms with van der Waals surface area (Å²) in [5.74, 6) is 2.72. The summed E-state index contributed by atoms with van der Waals surface area (Å²) in [6.07, 6.45) is 5.10. The molecule has 2 atom stereocenters. The fraction of sp³-hybridized carbons (Fsp3) is 0.600. The molecular formula is C15H19NO2S. The maximum atomic E-state index is 12.4. The predicted molar refractivity (Wildman–Crippen MR) is 76.3 cm³/mol. The van der Waals surface area contributed by atoms with E-state index in [1.54, 1.807) is 6.20 Å². The second kappa shape index (κ2) is 5.63. The average molecular weight is 277 g/mol. The molecule has 0 saturated carbocycles. The molecule has 1 spiro atoms. The van der Waals surface area contributed by atoms with Crippen LogP contribution in [-0.4, -0.2) is 34.5 Å². The zero-order chi connectivity index (χ0) is 13.1. The van der Waals surface area contributed by atoms with E-state index < -0.39 is 0 Å². The van der Waals surface area contributed by atoms with Crippen LogP contribution in [-0.2, 0) is 16.0 Å². The molecule has 3 nitrogen and oxygen atoms in total. The second-order valence-electron chi connectivity index (χ2n) is 5.49. The first-order valence-electron chi connectivity index (χ1n) is 6.92. The molecule has 19 heavy (non-hydrogen) atoms. The van der Waals surface area contributed by atoms with Gasteiger partial charge in [0.15, 0.2) is 0 Å². The number of pyridine rings is 1. The minimum Gasteiger partial charge on any atom is -0.374 e. The SMILES string of the molecule is O=C(Cc1ccccn1)C1CCOC2(CCSC2)C1. The van der Waals surface area contributed by atoms with Gasteiger partial charge in [0.1, 0.15) is 5.78 Å². The van der Waals surface area contributed by atoms with Crippen molar-refractivity contribution in [3.8, 4) is 0 Å². The number of hydrogen-bond donors (Lipinski definition) is 0. The number of carbonyl (C=O) groups excluding carboxylic acids is 1. The third kappa shape index (κ3) is 3.00. The molecule has 2 fully saturated rings. The van der Waals surface area contributed by atoms with Crippen LogP contribution >= 0.6 is 11.8 Å². The lowest BCUT2D eigenvalue weighted by Crippen LogP contribution is -2.42.